The molecule has 0 aliphatic carbocycles. The molecule has 3 heteroatoms. The highest BCUT2D eigenvalue weighted by molar-refractivity contribution is 5.68. The lowest BCUT2D eigenvalue weighted by atomic mass is 10.0. The Morgan fingerprint density at radius 3 is 2.67 bits per heavy atom. The second-order valence-corrected chi connectivity index (χ2v) is 4.62. The monoisotopic (exact) mass is 242 g/mol. The highest BCUT2D eigenvalue weighted by Gasteiger charge is 2.05. The van der Waals surface area contributed by atoms with Crippen molar-refractivity contribution in [1.29, 1.82) is 0 Å². The number of aromatic nitrogens is 1. The van der Waals surface area contributed by atoms with Crippen molar-refractivity contribution < 1.29 is 4.74 Å². The average molecular weight is 242 g/mol. The van der Waals surface area contributed by atoms with Gasteiger partial charge in [0.15, 0.2) is 0 Å². The van der Waals surface area contributed by atoms with Crippen LogP contribution in [0.1, 0.15) is 19.4 Å². The SMILES string of the molecule is Cc1cc(N)ncc1-c1cccc(OC(C)C)c1. The number of benzene rings is 1. The Labute approximate surface area is 108 Å². The van der Waals surface area contributed by atoms with Gasteiger partial charge in [-0.05, 0) is 50.1 Å². The summed E-state index contributed by atoms with van der Waals surface area (Å²) >= 11 is 0. The van der Waals surface area contributed by atoms with E-state index in [4.69, 9.17) is 10.5 Å². The summed E-state index contributed by atoms with van der Waals surface area (Å²) in [6.45, 7) is 6.06. The fourth-order valence-corrected chi connectivity index (χ4v) is 1.89. The largest absolute Gasteiger partial charge is 0.491 e. The normalized spacial score (nSPS) is 10.7. The van der Waals surface area contributed by atoms with Gasteiger partial charge in [0.2, 0.25) is 0 Å². The Bertz CT molecular complexity index is 550. The molecular weight excluding hydrogens is 224 g/mol. The molecule has 0 unspecified atom stereocenters. The first kappa shape index (κ1) is 12.4. The predicted molar refractivity (Wildman–Crippen MR) is 74.6 cm³/mol. The summed E-state index contributed by atoms with van der Waals surface area (Å²) in [5, 5.41) is 0. The van der Waals surface area contributed by atoms with Gasteiger partial charge < -0.3 is 10.5 Å². The number of aryl methyl sites for hydroxylation is 1. The van der Waals surface area contributed by atoms with E-state index < -0.39 is 0 Å². The molecule has 0 saturated heterocycles. The number of hydrogen-bond donors (Lipinski definition) is 1. The Kier molecular flexibility index (Phi) is 3.51. The van der Waals surface area contributed by atoms with Crippen molar-refractivity contribution in [2.45, 2.75) is 26.9 Å². The van der Waals surface area contributed by atoms with Gasteiger partial charge in [0, 0.05) is 11.8 Å². The van der Waals surface area contributed by atoms with Crippen molar-refractivity contribution in [1.82, 2.24) is 4.98 Å². The predicted octanol–water partition coefficient (Wildman–Crippen LogP) is 3.43. The molecule has 1 aromatic carbocycles. The van der Waals surface area contributed by atoms with Crippen LogP contribution in [0.2, 0.25) is 0 Å². The lowest BCUT2D eigenvalue weighted by Gasteiger charge is -2.12. The number of anilines is 1. The first-order chi connectivity index (χ1) is 8.56. The van der Waals surface area contributed by atoms with E-state index in [1.165, 1.54) is 0 Å². The van der Waals surface area contributed by atoms with Crippen LogP contribution >= 0.6 is 0 Å². The Morgan fingerprint density at radius 2 is 2.00 bits per heavy atom. The molecule has 2 N–H and O–H groups in total. The van der Waals surface area contributed by atoms with E-state index in [2.05, 4.69) is 4.98 Å². The summed E-state index contributed by atoms with van der Waals surface area (Å²) in [4.78, 5) is 4.14. The van der Waals surface area contributed by atoms with Crippen molar-refractivity contribution >= 4 is 5.82 Å². The van der Waals surface area contributed by atoms with Gasteiger partial charge in [-0.3, -0.25) is 0 Å². The van der Waals surface area contributed by atoms with Crippen LogP contribution in [0.4, 0.5) is 5.82 Å². The van der Waals surface area contributed by atoms with Crippen molar-refractivity contribution in [2.75, 3.05) is 5.73 Å². The molecule has 2 aromatic rings. The van der Waals surface area contributed by atoms with Crippen LogP contribution in [0.3, 0.4) is 0 Å². The maximum absolute atomic E-state index is 5.69. The summed E-state index contributed by atoms with van der Waals surface area (Å²) in [5.74, 6) is 1.42. The minimum Gasteiger partial charge on any atom is -0.491 e. The Morgan fingerprint density at radius 1 is 1.22 bits per heavy atom. The number of ether oxygens (including phenoxy) is 1. The van der Waals surface area contributed by atoms with Gasteiger partial charge in [-0.25, -0.2) is 4.98 Å². The average Bonchev–Trinajstić information content (AvgIpc) is 2.28. The third-order valence-corrected chi connectivity index (χ3v) is 2.65. The van der Waals surface area contributed by atoms with Gasteiger partial charge in [0.1, 0.15) is 11.6 Å². The molecular formula is C15H18N2O. The zero-order chi connectivity index (χ0) is 13.1. The molecule has 0 bridgehead atoms. The van der Waals surface area contributed by atoms with Gasteiger partial charge in [-0.15, -0.1) is 0 Å². The molecule has 3 nitrogen and oxygen atoms in total. The number of pyridine rings is 1. The number of rotatable bonds is 3. The van der Waals surface area contributed by atoms with Crippen LogP contribution in [-0.4, -0.2) is 11.1 Å². The molecule has 0 radical (unpaired) electrons. The topological polar surface area (TPSA) is 48.1 Å². The van der Waals surface area contributed by atoms with Crippen LogP contribution in [0.15, 0.2) is 36.5 Å². The highest BCUT2D eigenvalue weighted by Crippen LogP contribution is 2.27. The molecule has 2 rings (SSSR count). The molecule has 94 valence electrons. The zero-order valence-electron chi connectivity index (χ0n) is 11.0. The minimum atomic E-state index is 0.172. The second kappa shape index (κ2) is 5.08. The highest BCUT2D eigenvalue weighted by atomic mass is 16.5. The lowest BCUT2D eigenvalue weighted by molar-refractivity contribution is 0.242. The molecule has 0 aliphatic rings. The first-order valence-electron chi connectivity index (χ1n) is 6.05. The molecule has 0 aliphatic heterocycles. The summed E-state index contributed by atoms with van der Waals surface area (Å²) in [6, 6.07) is 9.91. The van der Waals surface area contributed by atoms with Gasteiger partial charge in [0.25, 0.3) is 0 Å². The summed E-state index contributed by atoms with van der Waals surface area (Å²) < 4.78 is 5.69. The van der Waals surface area contributed by atoms with Crippen LogP contribution in [0.25, 0.3) is 11.1 Å². The first-order valence-corrected chi connectivity index (χ1v) is 6.05. The molecule has 0 fully saturated rings. The smallest absolute Gasteiger partial charge is 0.123 e. The van der Waals surface area contributed by atoms with E-state index in [9.17, 15) is 0 Å². The summed E-state index contributed by atoms with van der Waals surface area (Å²) in [6.07, 6.45) is 1.98. The Balaban J connectivity index is 2.38. The summed E-state index contributed by atoms with van der Waals surface area (Å²) in [5.41, 5.74) is 8.96. The standard InChI is InChI=1S/C15H18N2O/c1-10(2)18-13-6-4-5-12(8-13)14-9-17-15(16)7-11(14)3/h4-10H,1-3H3,(H2,16,17). The quantitative estimate of drug-likeness (QED) is 0.897. The minimum absolute atomic E-state index is 0.172. The number of nitrogens with zero attached hydrogens (tertiary/aromatic N) is 1. The van der Waals surface area contributed by atoms with Crippen molar-refractivity contribution in [2.24, 2.45) is 0 Å². The molecule has 1 heterocycles. The molecule has 0 saturated carbocycles. The van der Waals surface area contributed by atoms with E-state index in [1.54, 1.807) is 6.20 Å². The van der Waals surface area contributed by atoms with Gasteiger partial charge in [0.05, 0.1) is 6.10 Å². The fourth-order valence-electron chi connectivity index (χ4n) is 1.89. The van der Waals surface area contributed by atoms with Crippen LogP contribution < -0.4 is 10.5 Å². The number of nitrogens with two attached hydrogens (primary N) is 1. The third kappa shape index (κ3) is 2.80. The fraction of sp³-hybridized carbons (Fsp3) is 0.267. The van der Waals surface area contributed by atoms with Gasteiger partial charge >= 0.3 is 0 Å². The van der Waals surface area contributed by atoms with E-state index in [-0.39, 0.29) is 6.10 Å². The second-order valence-electron chi connectivity index (χ2n) is 4.62. The van der Waals surface area contributed by atoms with E-state index >= 15 is 0 Å². The number of hydrogen-bond acceptors (Lipinski definition) is 3. The van der Waals surface area contributed by atoms with Crippen LogP contribution in [0, 0.1) is 6.92 Å². The van der Waals surface area contributed by atoms with Crippen LogP contribution in [-0.2, 0) is 0 Å². The Hall–Kier alpha value is -2.03. The molecule has 0 atom stereocenters. The maximum atomic E-state index is 5.69. The van der Waals surface area contributed by atoms with Crippen molar-refractivity contribution in [3.05, 3.63) is 42.1 Å². The van der Waals surface area contributed by atoms with Gasteiger partial charge in [-0.2, -0.15) is 0 Å². The maximum Gasteiger partial charge on any atom is 0.123 e. The summed E-state index contributed by atoms with van der Waals surface area (Å²) in [7, 11) is 0. The molecule has 18 heavy (non-hydrogen) atoms. The van der Waals surface area contributed by atoms with Gasteiger partial charge in [-0.1, -0.05) is 12.1 Å². The molecule has 0 amide bonds. The van der Waals surface area contributed by atoms with Crippen LogP contribution in [0.5, 0.6) is 5.75 Å². The zero-order valence-corrected chi connectivity index (χ0v) is 11.0. The molecule has 0 spiro atoms. The lowest BCUT2D eigenvalue weighted by Crippen LogP contribution is -2.05. The number of nitrogen functional groups attached to an aromatic ring is 1. The van der Waals surface area contributed by atoms with Crippen molar-refractivity contribution in [3.63, 3.8) is 0 Å². The van der Waals surface area contributed by atoms with Crippen molar-refractivity contribution in [3.8, 4) is 16.9 Å². The third-order valence-electron chi connectivity index (χ3n) is 2.65. The van der Waals surface area contributed by atoms with E-state index in [0.717, 1.165) is 22.4 Å². The molecule has 1 aromatic heterocycles. The van der Waals surface area contributed by atoms with E-state index in [0.29, 0.717) is 5.82 Å². The van der Waals surface area contributed by atoms with E-state index in [1.807, 2.05) is 51.1 Å².